The molecule has 1 fully saturated rings. The quantitative estimate of drug-likeness (QED) is 0.900. The second kappa shape index (κ2) is 5.17. The van der Waals surface area contributed by atoms with Gasteiger partial charge in [-0.15, -0.1) is 11.3 Å². The van der Waals surface area contributed by atoms with Crippen LogP contribution in [0.4, 0.5) is 0 Å². The molecule has 3 nitrogen and oxygen atoms in total. The first-order valence-corrected chi connectivity index (χ1v) is 7.05. The highest BCUT2D eigenvalue weighted by Gasteiger charge is 2.31. The molecule has 1 saturated carbocycles. The topological polar surface area (TPSA) is 50.2 Å². The zero-order valence-corrected chi connectivity index (χ0v) is 11.2. The number of thiazole rings is 1. The summed E-state index contributed by atoms with van der Waals surface area (Å²) in [7, 11) is 0. The third-order valence-corrected chi connectivity index (χ3v) is 4.83. The van der Waals surface area contributed by atoms with E-state index in [4.69, 9.17) is 0 Å². The van der Waals surface area contributed by atoms with Gasteiger partial charge in [0.25, 0.3) is 0 Å². The Hall–Kier alpha value is -0.900. The maximum atomic E-state index is 11.2. The summed E-state index contributed by atoms with van der Waals surface area (Å²) in [6, 6.07) is 0. The monoisotopic (exact) mass is 253 g/mol. The second-order valence-electron chi connectivity index (χ2n) is 4.94. The molecule has 0 radical (unpaired) electrons. The normalized spacial score (nSPS) is 24.8. The van der Waals surface area contributed by atoms with E-state index in [1.165, 1.54) is 4.88 Å². The molecule has 1 aliphatic carbocycles. The van der Waals surface area contributed by atoms with Crippen molar-refractivity contribution in [1.29, 1.82) is 0 Å². The summed E-state index contributed by atoms with van der Waals surface area (Å²) in [6.07, 6.45) is 4.94. The van der Waals surface area contributed by atoms with Gasteiger partial charge in [0.2, 0.25) is 0 Å². The number of rotatable bonds is 3. The van der Waals surface area contributed by atoms with Gasteiger partial charge in [0.05, 0.1) is 16.6 Å². The van der Waals surface area contributed by atoms with Gasteiger partial charge >= 0.3 is 5.97 Å². The molecule has 1 N–H and O–H groups in total. The number of hydrogen-bond acceptors (Lipinski definition) is 3. The number of hydrogen-bond donors (Lipinski definition) is 1. The number of nitrogens with zero attached hydrogens (tertiary/aromatic N) is 1. The van der Waals surface area contributed by atoms with Crippen molar-refractivity contribution in [2.24, 2.45) is 11.8 Å². The van der Waals surface area contributed by atoms with E-state index in [1.54, 1.807) is 11.3 Å². The first-order chi connectivity index (χ1) is 8.08. The van der Waals surface area contributed by atoms with E-state index < -0.39 is 5.97 Å². The summed E-state index contributed by atoms with van der Waals surface area (Å²) in [5.41, 5.74) is 1.09. The molecule has 0 bridgehead atoms. The zero-order valence-electron chi connectivity index (χ0n) is 10.4. The van der Waals surface area contributed by atoms with Crippen molar-refractivity contribution in [1.82, 2.24) is 4.98 Å². The molecule has 0 aliphatic heterocycles. The maximum absolute atomic E-state index is 11.2. The molecule has 94 valence electrons. The van der Waals surface area contributed by atoms with Crippen LogP contribution in [0, 0.1) is 25.7 Å². The van der Waals surface area contributed by atoms with Crippen molar-refractivity contribution < 1.29 is 9.90 Å². The lowest BCUT2D eigenvalue weighted by molar-refractivity contribution is -0.144. The lowest BCUT2D eigenvalue weighted by Gasteiger charge is -2.27. The fourth-order valence-corrected chi connectivity index (χ4v) is 3.65. The lowest BCUT2D eigenvalue weighted by Crippen LogP contribution is -2.28. The van der Waals surface area contributed by atoms with Gasteiger partial charge in [-0.3, -0.25) is 4.79 Å². The Morgan fingerprint density at radius 1 is 1.41 bits per heavy atom. The highest BCUT2D eigenvalue weighted by atomic mass is 32.1. The Morgan fingerprint density at radius 3 is 2.71 bits per heavy atom. The van der Waals surface area contributed by atoms with Gasteiger partial charge in [0.15, 0.2) is 0 Å². The highest BCUT2D eigenvalue weighted by Crippen LogP contribution is 2.33. The van der Waals surface area contributed by atoms with Crippen LogP contribution in [-0.2, 0) is 11.2 Å². The number of carbonyl (C=O) groups is 1. The molecule has 2 atom stereocenters. The first kappa shape index (κ1) is 12.6. The Balaban J connectivity index is 2.07. The van der Waals surface area contributed by atoms with Crippen molar-refractivity contribution in [3.8, 4) is 0 Å². The summed E-state index contributed by atoms with van der Waals surface area (Å²) >= 11 is 1.72. The molecule has 1 aliphatic rings. The minimum absolute atomic E-state index is 0.159. The largest absolute Gasteiger partial charge is 0.481 e. The molecule has 2 unspecified atom stereocenters. The van der Waals surface area contributed by atoms with E-state index in [0.717, 1.165) is 42.8 Å². The number of aliphatic carboxylic acids is 1. The number of carboxylic acid groups (broad SMARTS) is 1. The van der Waals surface area contributed by atoms with Gasteiger partial charge in [-0.1, -0.05) is 12.8 Å². The lowest BCUT2D eigenvalue weighted by atomic mass is 9.77. The van der Waals surface area contributed by atoms with Crippen molar-refractivity contribution in [2.75, 3.05) is 0 Å². The first-order valence-electron chi connectivity index (χ1n) is 6.23. The molecule has 1 aromatic rings. The molecule has 0 aromatic carbocycles. The van der Waals surface area contributed by atoms with Gasteiger partial charge in [-0.05, 0) is 32.6 Å². The molecular formula is C13H19NO2S. The predicted molar refractivity (Wildman–Crippen MR) is 68.4 cm³/mol. The Morgan fingerprint density at radius 2 is 2.12 bits per heavy atom. The standard InChI is InChI=1S/C13H19NO2S/c1-8-9(2)17-12(14-8)7-10-5-3-4-6-11(10)13(15)16/h10-11H,3-7H2,1-2H3,(H,15,16). The average Bonchev–Trinajstić information content (AvgIpc) is 2.58. The van der Waals surface area contributed by atoms with Crippen molar-refractivity contribution in [3.63, 3.8) is 0 Å². The van der Waals surface area contributed by atoms with Crippen LogP contribution in [0.2, 0.25) is 0 Å². The highest BCUT2D eigenvalue weighted by molar-refractivity contribution is 7.11. The molecule has 2 rings (SSSR count). The van der Waals surface area contributed by atoms with Gasteiger partial charge in [0.1, 0.15) is 0 Å². The summed E-state index contributed by atoms with van der Waals surface area (Å²) < 4.78 is 0. The third-order valence-electron chi connectivity index (χ3n) is 3.74. The van der Waals surface area contributed by atoms with Gasteiger partial charge in [-0.25, -0.2) is 4.98 Å². The van der Waals surface area contributed by atoms with Crippen molar-refractivity contribution in [2.45, 2.75) is 46.0 Å². The predicted octanol–water partition coefficient (Wildman–Crippen LogP) is 3.19. The Bertz CT molecular complexity index is 394. The average molecular weight is 253 g/mol. The molecule has 0 amide bonds. The van der Waals surface area contributed by atoms with E-state index in [2.05, 4.69) is 11.9 Å². The zero-order chi connectivity index (χ0) is 12.4. The molecule has 1 heterocycles. The smallest absolute Gasteiger partial charge is 0.306 e. The Labute approximate surface area is 106 Å². The minimum Gasteiger partial charge on any atom is -0.481 e. The van der Waals surface area contributed by atoms with E-state index in [0.29, 0.717) is 0 Å². The van der Waals surface area contributed by atoms with Crippen molar-refractivity contribution >= 4 is 17.3 Å². The maximum Gasteiger partial charge on any atom is 0.306 e. The van der Waals surface area contributed by atoms with Crippen LogP contribution in [0.5, 0.6) is 0 Å². The van der Waals surface area contributed by atoms with Gasteiger partial charge < -0.3 is 5.11 Å². The molecule has 0 spiro atoms. The van der Waals surface area contributed by atoms with Crippen LogP contribution in [0.3, 0.4) is 0 Å². The van der Waals surface area contributed by atoms with Crippen LogP contribution >= 0.6 is 11.3 Å². The second-order valence-corrected chi connectivity index (χ2v) is 6.23. The molecule has 17 heavy (non-hydrogen) atoms. The van der Waals surface area contributed by atoms with E-state index in [9.17, 15) is 9.90 Å². The third kappa shape index (κ3) is 2.86. The molecule has 1 aromatic heterocycles. The van der Waals surface area contributed by atoms with Crippen LogP contribution in [0.15, 0.2) is 0 Å². The van der Waals surface area contributed by atoms with Crippen molar-refractivity contribution in [3.05, 3.63) is 15.6 Å². The van der Waals surface area contributed by atoms with E-state index in [1.807, 2.05) is 6.92 Å². The fraction of sp³-hybridized carbons (Fsp3) is 0.692. The van der Waals surface area contributed by atoms with E-state index in [-0.39, 0.29) is 11.8 Å². The molecule has 4 heteroatoms. The number of carboxylic acids is 1. The molecular weight excluding hydrogens is 234 g/mol. The number of aromatic nitrogens is 1. The summed E-state index contributed by atoms with van der Waals surface area (Å²) in [4.78, 5) is 17.0. The minimum atomic E-state index is -0.625. The van der Waals surface area contributed by atoms with Crippen LogP contribution in [-0.4, -0.2) is 16.1 Å². The SMILES string of the molecule is Cc1nc(CC2CCCCC2C(=O)O)sc1C. The number of aryl methyl sites for hydroxylation is 2. The molecule has 0 saturated heterocycles. The van der Waals surface area contributed by atoms with E-state index >= 15 is 0 Å². The summed E-state index contributed by atoms with van der Waals surface area (Å²) in [5, 5.41) is 10.3. The fourth-order valence-electron chi connectivity index (χ4n) is 2.63. The van der Waals surface area contributed by atoms with Crippen LogP contribution in [0.25, 0.3) is 0 Å². The summed E-state index contributed by atoms with van der Waals surface area (Å²) in [5.74, 6) is -0.501. The van der Waals surface area contributed by atoms with Gasteiger partial charge in [-0.2, -0.15) is 0 Å². The van der Waals surface area contributed by atoms with Crippen LogP contribution < -0.4 is 0 Å². The Kier molecular flexibility index (Phi) is 3.82. The van der Waals surface area contributed by atoms with Crippen LogP contribution in [0.1, 0.15) is 41.3 Å². The summed E-state index contributed by atoms with van der Waals surface area (Å²) in [6.45, 7) is 4.09. The van der Waals surface area contributed by atoms with Gasteiger partial charge in [0, 0.05) is 11.3 Å².